The van der Waals surface area contributed by atoms with Crippen molar-refractivity contribution in [3.63, 3.8) is 0 Å². The van der Waals surface area contributed by atoms with Crippen LogP contribution in [-0.2, 0) is 14.4 Å². The van der Waals surface area contributed by atoms with Gasteiger partial charge in [-0.2, -0.15) is 0 Å². The third-order valence-corrected chi connectivity index (χ3v) is 1.26. The van der Waals surface area contributed by atoms with Gasteiger partial charge in [-0.3, -0.25) is 4.79 Å². The number of carboxylic acid groups (broad SMARTS) is 3. The van der Waals surface area contributed by atoms with Crippen molar-refractivity contribution >= 4 is 55.6 Å². The Kier molecular flexibility index (Phi) is 21.1. The van der Waals surface area contributed by atoms with Gasteiger partial charge in [0.2, 0.25) is 0 Å². The molecule has 0 saturated heterocycles. The number of aliphatic carboxylic acids is 3. The molecule has 0 aliphatic heterocycles. The van der Waals surface area contributed by atoms with Crippen LogP contribution in [0.5, 0.6) is 0 Å². The molecule has 0 aliphatic carbocycles. The zero-order valence-corrected chi connectivity index (χ0v) is 10.8. The minimum absolute atomic E-state index is 0. The molecule has 11 heteroatoms. The van der Waals surface area contributed by atoms with Crippen LogP contribution in [0.25, 0.3) is 0 Å². The number of hydrogen-bond acceptors (Lipinski definition) is 6. The number of hydrogen-bond donors (Lipinski definition) is 2. The van der Waals surface area contributed by atoms with Crippen LogP contribution in [0, 0.1) is 0 Å². The molecule has 0 bridgehead atoms. The molecule has 1 atom stereocenters. The normalized spacial score (nSPS) is 11.1. The molecule has 17 heavy (non-hydrogen) atoms. The summed E-state index contributed by atoms with van der Waals surface area (Å²) in [5.74, 6) is -5.67. The zero-order chi connectivity index (χ0) is 10.6. The Morgan fingerprint density at radius 2 is 1.35 bits per heavy atom. The van der Waals surface area contributed by atoms with Gasteiger partial charge in [-0.1, -0.05) is 0 Å². The van der Waals surface area contributed by atoms with Crippen LogP contribution < -0.4 is 10.2 Å². The Morgan fingerprint density at radius 3 is 1.53 bits per heavy atom. The van der Waals surface area contributed by atoms with Crippen molar-refractivity contribution in [3.05, 3.63) is 0 Å². The molecule has 0 fully saturated rings. The standard InChI is InChI=1S/C6H8O7.Ca.3H2O/c7-3(8)1-6(13,5(11)12)2-4(9)10;;;;/h13H,1-2H2,(H,7,8)(H,9,10)(H,11,12);;3*1H2/q;+2;;;/p-2. The van der Waals surface area contributed by atoms with E-state index in [9.17, 15) is 24.6 Å². The van der Waals surface area contributed by atoms with Crippen LogP contribution in [0.2, 0.25) is 0 Å². The minimum Gasteiger partial charge on any atom is -0.550 e. The van der Waals surface area contributed by atoms with Crippen LogP contribution in [0.4, 0.5) is 0 Å². The quantitative estimate of drug-likeness (QED) is 0.462. The summed E-state index contributed by atoms with van der Waals surface area (Å²) in [7, 11) is 0. The summed E-state index contributed by atoms with van der Waals surface area (Å²) in [5.41, 5.74) is -2.91. The fraction of sp³-hybridized carbons (Fsp3) is 0.500. The van der Waals surface area contributed by atoms with E-state index in [-0.39, 0.29) is 54.2 Å². The molecule has 0 aromatic carbocycles. The second kappa shape index (κ2) is 12.0. The molecule has 0 saturated carbocycles. The van der Waals surface area contributed by atoms with Crippen molar-refractivity contribution in [2.75, 3.05) is 0 Å². The van der Waals surface area contributed by atoms with Gasteiger partial charge < -0.3 is 46.4 Å². The second-order valence-corrected chi connectivity index (χ2v) is 2.44. The maximum atomic E-state index is 10.2. The summed E-state index contributed by atoms with van der Waals surface area (Å²) in [5, 5.41) is 37.2. The molecule has 0 aromatic rings. The van der Waals surface area contributed by atoms with E-state index in [1.54, 1.807) is 0 Å². The number of aliphatic hydroxyl groups is 1. The SMILES string of the molecule is O.O.O.O=C([O-])CC(O)(CC(=O)O)C(=O)[O-].[Ca+2]. The average molecular weight is 284 g/mol. The third-order valence-electron chi connectivity index (χ3n) is 1.26. The van der Waals surface area contributed by atoms with Gasteiger partial charge in [-0.25, -0.2) is 0 Å². The smallest absolute Gasteiger partial charge is 0.550 e. The van der Waals surface area contributed by atoms with E-state index in [4.69, 9.17) is 10.2 Å². The molecule has 0 amide bonds. The van der Waals surface area contributed by atoms with E-state index in [1.165, 1.54) is 0 Å². The first-order valence-corrected chi connectivity index (χ1v) is 3.13. The Hall–Kier alpha value is -0.490. The molecular formula is C6H12CaO10. The molecule has 98 valence electrons. The van der Waals surface area contributed by atoms with Gasteiger partial charge in [0, 0.05) is 12.4 Å². The third kappa shape index (κ3) is 11.8. The van der Waals surface area contributed by atoms with Crippen molar-refractivity contribution in [1.29, 1.82) is 0 Å². The Bertz CT molecular complexity index is 235. The zero-order valence-electron chi connectivity index (χ0n) is 8.56. The number of carboxylic acids is 3. The first kappa shape index (κ1) is 30.0. The largest absolute Gasteiger partial charge is 2.00 e. The molecular weight excluding hydrogens is 272 g/mol. The fourth-order valence-electron chi connectivity index (χ4n) is 0.696. The molecule has 0 spiro atoms. The monoisotopic (exact) mass is 284 g/mol. The molecule has 8 N–H and O–H groups in total. The molecule has 10 nitrogen and oxygen atoms in total. The molecule has 0 aromatic heterocycles. The number of rotatable bonds is 5. The summed E-state index contributed by atoms with van der Waals surface area (Å²) in [6.45, 7) is 0. The molecule has 0 rings (SSSR count). The summed E-state index contributed by atoms with van der Waals surface area (Å²) in [6.07, 6.45) is -2.56. The van der Waals surface area contributed by atoms with Gasteiger partial charge in [0.25, 0.3) is 0 Å². The topological polar surface area (TPSA) is 232 Å². The minimum atomic E-state index is -2.91. The summed E-state index contributed by atoms with van der Waals surface area (Å²) in [6, 6.07) is 0. The van der Waals surface area contributed by atoms with Crippen molar-refractivity contribution < 1.29 is 51.2 Å². The maximum absolute atomic E-state index is 10.2. The van der Waals surface area contributed by atoms with Gasteiger partial charge in [0.1, 0.15) is 5.60 Å². The number of carbonyl (C=O) groups excluding carboxylic acids is 2. The Balaban J connectivity index is -0.000000120. The van der Waals surface area contributed by atoms with E-state index in [0.29, 0.717) is 0 Å². The molecule has 0 aliphatic rings. The van der Waals surface area contributed by atoms with Crippen molar-refractivity contribution in [3.8, 4) is 0 Å². The van der Waals surface area contributed by atoms with Crippen LogP contribution in [0.3, 0.4) is 0 Å². The van der Waals surface area contributed by atoms with Crippen LogP contribution in [-0.4, -0.2) is 87.9 Å². The first-order chi connectivity index (χ1) is 5.78. The van der Waals surface area contributed by atoms with Crippen LogP contribution >= 0.6 is 0 Å². The molecule has 0 radical (unpaired) electrons. The predicted octanol–water partition coefficient (Wildman–Crippen LogP) is -6.77. The van der Waals surface area contributed by atoms with Crippen molar-refractivity contribution in [2.45, 2.75) is 18.4 Å². The summed E-state index contributed by atoms with van der Waals surface area (Å²) in [4.78, 5) is 30.2. The van der Waals surface area contributed by atoms with Gasteiger partial charge >= 0.3 is 43.7 Å². The van der Waals surface area contributed by atoms with Crippen LogP contribution in [0.1, 0.15) is 12.8 Å². The average Bonchev–Trinajstić information content (AvgIpc) is 1.82. The van der Waals surface area contributed by atoms with Gasteiger partial charge in [-0.05, 0) is 0 Å². The van der Waals surface area contributed by atoms with Gasteiger partial charge in [-0.15, -0.1) is 0 Å². The Morgan fingerprint density at radius 1 is 1.00 bits per heavy atom. The van der Waals surface area contributed by atoms with E-state index in [0.717, 1.165) is 0 Å². The molecule has 1 unspecified atom stereocenters. The predicted molar refractivity (Wildman–Crippen MR) is 48.4 cm³/mol. The van der Waals surface area contributed by atoms with E-state index in [1.807, 2.05) is 0 Å². The van der Waals surface area contributed by atoms with E-state index >= 15 is 0 Å². The Labute approximate surface area is 125 Å². The fourth-order valence-corrected chi connectivity index (χ4v) is 0.696. The summed E-state index contributed by atoms with van der Waals surface area (Å²) < 4.78 is 0. The first-order valence-electron chi connectivity index (χ1n) is 3.13. The van der Waals surface area contributed by atoms with Crippen LogP contribution in [0.15, 0.2) is 0 Å². The molecule has 0 heterocycles. The number of carbonyl (C=O) groups is 3. The maximum Gasteiger partial charge on any atom is 2.00 e. The van der Waals surface area contributed by atoms with Crippen molar-refractivity contribution in [1.82, 2.24) is 0 Å². The second-order valence-electron chi connectivity index (χ2n) is 2.44. The van der Waals surface area contributed by atoms with Crippen molar-refractivity contribution in [2.24, 2.45) is 0 Å². The van der Waals surface area contributed by atoms with Gasteiger partial charge in [0.15, 0.2) is 0 Å². The van der Waals surface area contributed by atoms with E-state index in [2.05, 4.69) is 0 Å². The van der Waals surface area contributed by atoms with E-state index < -0.39 is 36.4 Å². The van der Waals surface area contributed by atoms with Gasteiger partial charge in [0.05, 0.1) is 12.4 Å². The summed E-state index contributed by atoms with van der Waals surface area (Å²) >= 11 is 0.